The fourth-order valence-corrected chi connectivity index (χ4v) is 3.40. The molecule has 0 radical (unpaired) electrons. The lowest BCUT2D eigenvalue weighted by Crippen LogP contribution is -2.32. The average molecular weight is 362 g/mol. The molecule has 1 aromatic heterocycles. The summed E-state index contributed by atoms with van der Waals surface area (Å²) in [5.74, 6) is 1.58. The Balaban J connectivity index is 1.64. The number of para-hydroxylation sites is 1. The number of rotatable bonds is 4. The lowest BCUT2D eigenvalue weighted by molar-refractivity contribution is 0.0927. The van der Waals surface area contributed by atoms with Gasteiger partial charge in [-0.05, 0) is 35.7 Å². The largest absolute Gasteiger partial charge is 0.486 e. The zero-order chi connectivity index (χ0) is 18.8. The molecule has 0 saturated carbocycles. The molecule has 1 aliphatic rings. The van der Waals surface area contributed by atoms with Gasteiger partial charge in [0.2, 0.25) is 0 Å². The van der Waals surface area contributed by atoms with Gasteiger partial charge in [-0.2, -0.15) is 0 Å². The van der Waals surface area contributed by atoms with Gasteiger partial charge in [-0.15, -0.1) is 0 Å². The summed E-state index contributed by atoms with van der Waals surface area (Å²) in [6, 6.07) is 15.2. The molecule has 2 aromatic carbocycles. The van der Waals surface area contributed by atoms with Crippen LogP contribution < -0.4 is 14.8 Å². The second kappa shape index (κ2) is 7.27. The van der Waals surface area contributed by atoms with Gasteiger partial charge in [-0.3, -0.25) is 9.78 Å². The average Bonchev–Trinajstić information content (AvgIpc) is 2.70. The molecule has 1 amide bonds. The topological polar surface area (TPSA) is 60.5 Å². The minimum atomic E-state index is -0.139. The Bertz CT molecular complexity index is 979. The third-order valence-electron chi connectivity index (χ3n) is 4.77. The summed E-state index contributed by atoms with van der Waals surface area (Å²) >= 11 is 0. The van der Waals surface area contributed by atoms with E-state index in [-0.39, 0.29) is 17.9 Å². The van der Waals surface area contributed by atoms with Gasteiger partial charge in [0.15, 0.2) is 11.5 Å². The Hall–Kier alpha value is -3.08. The van der Waals surface area contributed by atoms with Crippen LogP contribution in [0.15, 0.2) is 54.7 Å². The molecule has 4 rings (SSSR count). The maximum absolute atomic E-state index is 13.0. The molecule has 1 N–H and O–H groups in total. The monoisotopic (exact) mass is 362 g/mol. The molecule has 3 aromatic rings. The fourth-order valence-electron chi connectivity index (χ4n) is 3.40. The molecule has 5 nitrogen and oxygen atoms in total. The van der Waals surface area contributed by atoms with Crippen molar-refractivity contribution in [3.63, 3.8) is 0 Å². The van der Waals surface area contributed by atoms with Crippen molar-refractivity contribution in [2.24, 2.45) is 5.92 Å². The number of ether oxygens (including phenoxy) is 2. The summed E-state index contributed by atoms with van der Waals surface area (Å²) in [5.41, 5.74) is 2.44. The summed E-state index contributed by atoms with van der Waals surface area (Å²) in [7, 11) is 0. The molecule has 0 aliphatic carbocycles. The number of aromatic nitrogens is 1. The first-order valence-electron chi connectivity index (χ1n) is 9.17. The number of fused-ring (bicyclic) bond motifs is 2. The van der Waals surface area contributed by atoms with Crippen LogP contribution in [0.25, 0.3) is 10.9 Å². The summed E-state index contributed by atoms with van der Waals surface area (Å²) in [5, 5.41) is 4.03. The molecule has 138 valence electrons. The van der Waals surface area contributed by atoms with Crippen LogP contribution in [0.4, 0.5) is 0 Å². The van der Waals surface area contributed by atoms with Crippen molar-refractivity contribution >= 4 is 16.8 Å². The fraction of sp³-hybridized carbons (Fsp3) is 0.273. The summed E-state index contributed by atoms with van der Waals surface area (Å²) in [4.78, 5) is 17.4. The number of nitrogens with zero attached hydrogens (tertiary/aromatic N) is 1. The van der Waals surface area contributed by atoms with Gasteiger partial charge in [-0.1, -0.05) is 38.1 Å². The van der Waals surface area contributed by atoms with Crippen LogP contribution in [-0.4, -0.2) is 24.1 Å². The molecular weight excluding hydrogens is 340 g/mol. The van der Waals surface area contributed by atoms with Crippen LogP contribution in [0.2, 0.25) is 0 Å². The molecule has 0 fully saturated rings. The van der Waals surface area contributed by atoms with Crippen molar-refractivity contribution in [1.82, 2.24) is 10.3 Å². The van der Waals surface area contributed by atoms with Crippen LogP contribution in [0.3, 0.4) is 0 Å². The van der Waals surface area contributed by atoms with Gasteiger partial charge in [-0.25, -0.2) is 0 Å². The van der Waals surface area contributed by atoms with Crippen LogP contribution in [0.5, 0.6) is 11.5 Å². The van der Waals surface area contributed by atoms with E-state index in [1.54, 1.807) is 12.3 Å². The number of hydrogen-bond donors (Lipinski definition) is 1. The highest BCUT2D eigenvalue weighted by molar-refractivity contribution is 6.06. The minimum Gasteiger partial charge on any atom is -0.486 e. The molecule has 1 atom stereocenters. The number of carbonyl (C=O) groups excluding carboxylic acids is 1. The smallest absolute Gasteiger partial charge is 0.252 e. The molecule has 0 saturated heterocycles. The quantitative estimate of drug-likeness (QED) is 0.758. The third-order valence-corrected chi connectivity index (χ3v) is 4.77. The standard InChI is InChI=1S/C22H22N2O3/c1-14(2)21(15-7-8-19-20(13-15)27-12-11-26-19)24-22(25)17-9-10-23-18-6-4-3-5-16(17)18/h3-10,13-14,21H,11-12H2,1-2H3,(H,24,25). The van der Waals surface area contributed by atoms with Crippen LogP contribution in [0.1, 0.15) is 35.8 Å². The van der Waals surface area contributed by atoms with Gasteiger partial charge >= 0.3 is 0 Å². The van der Waals surface area contributed by atoms with E-state index in [0.717, 1.165) is 28.0 Å². The lowest BCUT2D eigenvalue weighted by atomic mass is 9.95. The SMILES string of the molecule is CC(C)C(NC(=O)c1ccnc2ccccc12)c1ccc2c(c1)OCCO2. The summed E-state index contributed by atoms with van der Waals surface area (Å²) < 4.78 is 11.3. The molecule has 5 heteroatoms. The van der Waals surface area contributed by atoms with E-state index in [1.807, 2.05) is 42.5 Å². The van der Waals surface area contributed by atoms with E-state index in [1.165, 1.54) is 0 Å². The Morgan fingerprint density at radius 3 is 2.63 bits per heavy atom. The Kier molecular flexibility index (Phi) is 4.67. The first-order chi connectivity index (χ1) is 13.1. The number of pyridine rings is 1. The van der Waals surface area contributed by atoms with E-state index in [4.69, 9.17) is 9.47 Å². The van der Waals surface area contributed by atoms with Crippen molar-refractivity contribution in [3.8, 4) is 11.5 Å². The van der Waals surface area contributed by atoms with Crippen molar-refractivity contribution in [2.45, 2.75) is 19.9 Å². The van der Waals surface area contributed by atoms with Gasteiger partial charge in [0, 0.05) is 11.6 Å². The maximum atomic E-state index is 13.0. The van der Waals surface area contributed by atoms with E-state index in [0.29, 0.717) is 18.8 Å². The molecular formula is C22H22N2O3. The highest BCUT2D eigenvalue weighted by atomic mass is 16.6. The summed E-state index contributed by atoms with van der Waals surface area (Å²) in [6.07, 6.45) is 1.67. The molecule has 0 spiro atoms. The van der Waals surface area contributed by atoms with Crippen LogP contribution in [-0.2, 0) is 0 Å². The number of benzene rings is 2. The van der Waals surface area contributed by atoms with Crippen molar-refractivity contribution < 1.29 is 14.3 Å². The van der Waals surface area contributed by atoms with Gasteiger partial charge in [0.1, 0.15) is 13.2 Å². The molecule has 2 heterocycles. The normalized spacial score (nSPS) is 14.2. The van der Waals surface area contributed by atoms with E-state index >= 15 is 0 Å². The van der Waals surface area contributed by atoms with Crippen LogP contribution in [0, 0.1) is 5.92 Å². The van der Waals surface area contributed by atoms with E-state index < -0.39 is 0 Å². The number of amides is 1. The number of nitrogens with one attached hydrogen (secondary N) is 1. The van der Waals surface area contributed by atoms with E-state index in [2.05, 4.69) is 24.1 Å². The highest BCUT2D eigenvalue weighted by Gasteiger charge is 2.22. The summed E-state index contributed by atoms with van der Waals surface area (Å²) in [6.45, 7) is 5.28. The van der Waals surface area contributed by atoms with Gasteiger partial charge < -0.3 is 14.8 Å². The van der Waals surface area contributed by atoms with E-state index in [9.17, 15) is 4.79 Å². The molecule has 0 bridgehead atoms. The lowest BCUT2D eigenvalue weighted by Gasteiger charge is -2.25. The highest BCUT2D eigenvalue weighted by Crippen LogP contribution is 2.34. The Labute approximate surface area is 158 Å². The van der Waals surface area contributed by atoms with Crippen molar-refractivity contribution in [3.05, 3.63) is 65.9 Å². The molecule has 27 heavy (non-hydrogen) atoms. The third kappa shape index (κ3) is 3.45. The number of hydrogen-bond acceptors (Lipinski definition) is 4. The first-order valence-corrected chi connectivity index (χ1v) is 9.17. The molecule has 1 unspecified atom stereocenters. The van der Waals surface area contributed by atoms with Crippen molar-refractivity contribution in [1.29, 1.82) is 0 Å². The maximum Gasteiger partial charge on any atom is 0.252 e. The predicted octanol–water partition coefficient (Wildman–Crippen LogP) is 4.13. The van der Waals surface area contributed by atoms with Crippen LogP contribution >= 0.6 is 0 Å². The van der Waals surface area contributed by atoms with Gasteiger partial charge in [0.05, 0.1) is 17.1 Å². The zero-order valence-electron chi connectivity index (χ0n) is 15.4. The number of carbonyl (C=O) groups is 1. The van der Waals surface area contributed by atoms with Crippen molar-refractivity contribution in [2.75, 3.05) is 13.2 Å². The second-order valence-corrected chi connectivity index (χ2v) is 6.97. The molecule has 1 aliphatic heterocycles. The zero-order valence-corrected chi connectivity index (χ0v) is 15.4. The minimum absolute atomic E-state index is 0.109. The predicted molar refractivity (Wildman–Crippen MR) is 104 cm³/mol. The second-order valence-electron chi connectivity index (χ2n) is 6.97. The first kappa shape index (κ1) is 17.3. The van der Waals surface area contributed by atoms with Gasteiger partial charge in [0.25, 0.3) is 5.91 Å². The Morgan fingerprint density at radius 2 is 1.81 bits per heavy atom. The Morgan fingerprint density at radius 1 is 1.04 bits per heavy atom.